The van der Waals surface area contributed by atoms with Gasteiger partial charge in [0.25, 0.3) is 5.91 Å². The molecule has 0 saturated carbocycles. The lowest BCUT2D eigenvalue weighted by molar-refractivity contribution is -0.137. The summed E-state index contributed by atoms with van der Waals surface area (Å²) in [6.45, 7) is 4.32. The van der Waals surface area contributed by atoms with E-state index in [1.54, 1.807) is 6.07 Å². The average Bonchev–Trinajstić information content (AvgIpc) is 2.64. The molecule has 0 aliphatic heterocycles. The Morgan fingerprint density at radius 3 is 2.25 bits per heavy atom. The molecule has 2 rings (SSSR count). The lowest BCUT2D eigenvalue weighted by Gasteiger charge is -2.24. The van der Waals surface area contributed by atoms with Crippen LogP contribution < -0.4 is 15.5 Å². The Labute approximate surface area is 163 Å². The zero-order chi connectivity index (χ0) is 20.9. The van der Waals surface area contributed by atoms with Gasteiger partial charge in [0.15, 0.2) is 0 Å². The third kappa shape index (κ3) is 5.90. The van der Waals surface area contributed by atoms with Gasteiger partial charge >= 0.3 is 6.18 Å². The van der Waals surface area contributed by atoms with Gasteiger partial charge in [-0.1, -0.05) is 19.9 Å². The molecule has 0 aromatic heterocycles. The van der Waals surface area contributed by atoms with Crippen LogP contribution in [0.1, 0.15) is 29.8 Å². The first kappa shape index (κ1) is 21.6. The number of nitrogens with zero attached hydrogens (tertiary/aromatic N) is 1. The van der Waals surface area contributed by atoms with Crippen molar-refractivity contribution in [3.05, 3.63) is 59.7 Å². The molecule has 2 aromatic carbocycles. The van der Waals surface area contributed by atoms with Gasteiger partial charge in [-0.05, 0) is 48.4 Å². The molecular weight excluding hydrogens is 367 g/mol. The van der Waals surface area contributed by atoms with Crippen molar-refractivity contribution < 1.29 is 18.0 Å². The van der Waals surface area contributed by atoms with Gasteiger partial charge in [-0.25, -0.2) is 0 Å². The molecule has 7 heteroatoms. The van der Waals surface area contributed by atoms with Gasteiger partial charge < -0.3 is 15.5 Å². The zero-order valence-corrected chi connectivity index (χ0v) is 16.5. The van der Waals surface area contributed by atoms with Crippen LogP contribution in [0.15, 0.2) is 48.5 Å². The van der Waals surface area contributed by atoms with E-state index in [9.17, 15) is 18.0 Å². The predicted octanol–water partition coefficient (Wildman–Crippen LogP) is 4.64. The molecule has 0 aliphatic rings. The van der Waals surface area contributed by atoms with E-state index in [0.29, 0.717) is 17.8 Å². The van der Waals surface area contributed by atoms with Crippen molar-refractivity contribution in [2.24, 2.45) is 5.92 Å². The summed E-state index contributed by atoms with van der Waals surface area (Å²) in [7, 11) is 3.81. The van der Waals surface area contributed by atoms with Gasteiger partial charge in [-0.3, -0.25) is 4.79 Å². The van der Waals surface area contributed by atoms with Gasteiger partial charge in [0.05, 0.1) is 5.56 Å². The Hall–Kier alpha value is -2.70. The number of alkyl halides is 3. The van der Waals surface area contributed by atoms with Crippen LogP contribution >= 0.6 is 0 Å². The first-order valence-electron chi connectivity index (χ1n) is 9.07. The number of benzene rings is 2. The molecule has 28 heavy (non-hydrogen) atoms. The number of amides is 1. The van der Waals surface area contributed by atoms with Crippen LogP contribution in [0.4, 0.5) is 24.5 Å². The summed E-state index contributed by atoms with van der Waals surface area (Å²) in [5, 5.41) is 6.11. The first-order valence-corrected chi connectivity index (χ1v) is 9.07. The Morgan fingerprint density at radius 2 is 1.71 bits per heavy atom. The summed E-state index contributed by atoms with van der Waals surface area (Å²) in [5.74, 6) is -0.0285. The summed E-state index contributed by atoms with van der Waals surface area (Å²) >= 11 is 0. The molecule has 4 nitrogen and oxygen atoms in total. The minimum Gasteiger partial charge on any atom is -0.380 e. The maximum Gasteiger partial charge on any atom is 0.416 e. The second-order valence-corrected chi connectivity index (χ2v) is 7.22. The summed E-state index contributed by atoms with van der Waals surface area (Å²) in [5.41, 5.74) is 1.38. The van der Waals surface area contributed by atoms with Gasteiger partial charge in [-0.2, -0.15) is 13.2 Å². The summed E-state index contributed by atoms with van der Waals surface area (Å²) in [6.07, 6.45) is -4.36. The van der Waals surface area contributed by atoms with Gasteiger partial charge in [0, 0.05) is 43.6 Å². The van der Waals surface area contributed by atoms with E-state index < -0.39 is 11.7 Å². The van der Waals surface area contributed by atoms with Crippen LogP contribution in [0.25, 0.3) is 0 Å². The Kier molecular flexibility index (Phi) is 6.94. The quantitative estimate of drug-likeness (QED) is 0.720. The third-order valence-corrected chi connectivity index (χ3v) is 4.48. The maximum absolute atomic E-state index is 12.7. The van der Waals surface area contributed by atoms with Crippen LogP contribution in [0.5, 0.6) is 0 Å². The number of rotatable bonds is 7. The van der Waals surface area contributed by atoms with Crippen LogP contribution in [0, 0.1) is 5.92 Å². The lowest BCUT2D eigenvalue weighted by Crippen LogP contribution is -2.39. The van der Waals surface area contributed by atoms with Crippen molar-refractivity contribution in [1.82, 2.24) is 5.32 Å². The van der Waals surface area contributed by atoms with Crippen molar-refractivity contribution >= 4 is 17.3 Å². The average molecular weight is 393 g/mol. The predicted molar refractivity (Wildman–Crippen MR) is 107 cm³/mol. The molecule has 0 aliphatic carbocycles. The molecular formula is C21H26F3N3O. The van der Waals surface area contributed by atoms with E-state index in [2.05, 4.69) is 10.6 Å². The standard InChI is InChI=1S/C21H26F3N3O/c1-14(2)19(26-17-10-8-16(9-11-17)21(22,23)24)13-25-20(28)15-6-5-7-18(12-15)27(3)4/h5-12,14,19,26H,13H2,1-4H3,(H,25,28)/t19-/m0/s1. The largest absolute Gasteiger partial charge is 0.416 e. The van der Waals surface area contributed by atoms with Crippen LogP contribution in [-0.4, -0.2) is 32.6 Å². The molecule has 2 aromatic rings. The second kappa shape index (κ2) is 8.99. The number of carbonyl (C=O) groups is 1. The second-order valence-electron chi connectivity index (χ2n) is 7.22. The van der Waals surface area contributed by atoms with Crippen LogP contribution in [0.2, 0.25) is 0 Å². The number of hydrogen-bond donors (Lipinski definition) is 2. The molecule has 1 amide bonds. The van der Waals surface area contributed by atoms with Gasteiger partial charge in [0.1, 0.15) is 0 Å². The van der Waals surface area contributed by atoms with E-state index in [0.717, 1.165) is 17.8 Å². The van der Waals surface area contributed by atoms with E-state index >= 15 is 0 Å². The summed E-state index contributed by atoms with van der Waals surface area (Å²) < 4.78 is 38.1. The first-order chi connectivity index (χ1) is 13.1. The van der Waals surface area contributed by atoms with Gasteiger partial charge in [-0.15, -0.1) is 0 Å². The van der Waals surface area contributed by atoms with E-state index in [-0.39, 0.29) is 17.9 Å². The van der Waals surface area contributed by atoms with E-state index in [1.165, 1.54) is 12.1 Å². The Balaban J connectivity index is 2.01. The van der Waals surface area contributed by atoms with Crippen LogP contribution in [0.3, 0.4) is 0 Å². The van der Waals surface area contributed by atoms with Crippen molar-refractivity contribution in [3.8, 4) is 0 Å². The van der Waals surface area contributed by atoms with E-state index in [4.69, 9.17) is 0 Å². The van der Waals surface area contributed by atoms with Gasteiger partial charge in [0.2, 0.25) is 0 Å². The Bertz CT molecular complexity index is 786. The molecule has 0 fully saturated rings. The monoisotopic (exact) mass is 393 g/mol. The number of hydrogen-bond acceptors (Lipinski definition) is 3. The molecule has 1 atom stereocenters. The minimum atomic E-state index is -4.36. The number of anilines is 2. The summed E-state index contributed by atoms with van der Waals surface area (Å²) in [4.78, 5) is 14.4. The smallest absolute Gasteiger partial charge is 0.380 e. The van der Waals surface area contributed by atoms with E-state index in [1.807, 2.05) is 51.0 Å². The molecule has 0 heterocycles. The molecule has 0 unspecified atom stereocenters. The number of nitrogens with one attached hydrogen (secondary N) is 2. The number of halogens is 3. The topological polar surface area (TPSA) is 44.4 Å². The maximum atomic E-state index is 12.7. The molecule has 0 spiro atoms. The normalized spacial score (nSPS) is 12.6. The molecule has 0 bridgehead atoms. The highest BCUT2D eigenvalue weighted by Crippen LogP contribution is 2.30. The minimum absolute atomic E-state index is 0.127. The van der Waals surface area contributed by atoms with Crippen molar-refractivity contribution in [1.29, 1.82) is 0 Å². The van der Waals surface area contributed by atoms with Crippen molar-refractivity contribution in [3.63, 3.8) is 0 Å². The SMILES string of the molecule is CC(C)[C@H](CNC(=O)c1cccc(N(C)C)c1)Nc1ccc(C(F)(F)F)cc1. The zero-order valence-electron chi connectivity index (χ0n) is 16.5. The fraction of sp³-hybridized carbons (Fsp3) is 0.381. The third-order valence-electron chi connectivity index (χ3n) is 4.48. The lowest BCUT2D eigenvalue weighted by atomic mass is 10.0. The van der Waals surface area contributed by atoms with Crippen LogP contribution in [-0.2, 0) is 6.18 Å². The highest BCUT2D eigenvalue weighted by atomic mass is 19.4. The van der Waals surface area contributed by atoms with Crippen molar-refractivity contribution in [2.45, 2.75) is 26.1 Å². The molecule has 2 N–H and O–H groups in total. The number of carbonyl (C=O) groups excluding carboxylic acids is 1. The Morgan fingerprint density at radius 1 is 1.07 bits per heavy atom. The molecule has 152 valence electrons. The fourth-order valence-corrected chi connectivity index (χ4v) is 2.65. The highest BCUT2D eigenvalue weighted by Gasteiger charge is 2.30. The van der Waals surface area contributed by atoms with Crippen molar-refractivity contribution in [2.75, 3.05) is 30.9 Å². The molecule has 0 saturated heterocycles. The highest BCUT2D eigenvalue weighted by molar-refractivity contribution is 5.95. The fourth-order valence-electron chi connectivity index (χ4n) is 2.65. The molecule has 0 radical (unpaired) electrons. The summed E-state index contributed by atoms with van der Waals surface area (Å²) in [6, 6.07) is 12.1.